The molecule has 8 nitrogen and oxygen atoms in total. The first-order valence-electron chi connectivity index (χ1n) is 14.7. The van der Waals surface area contributed by atoms with Crippen molar-refractivity contribution in [3.8, 4) is 5.75 Å². The number of aryl methyl sites for hydroxylation is 1. The minimum atomic E-state index is -0.178. The highest BCUT2D eigenvalue weighted by atomic mass is 35.5. The molecule has 2 aromatic rings. The Bertz CT molecular complexity index is 1270. The standard InChI is InChI=1S/C30H42ClN5O3/c1-34(2)16-18-38-22-19-21-7-4-5-9-30(12-17-39-30)29(25(21)24(31)20-22)10-14-36(15-11-29)28-32-26-23(27(37)33-28)8-6-13-35(26)3/h19-20H,4-18H2,1-3H3,(H,32,33,37). The SMILES string of the molecule is CN(C)CCOc1cc(Cl)c2c(c1)CCCCC1(CCO1)C21CCN(c2nc3c(c(=O)[nH]2)CCCN3C)CC1. The summed E-state index contributed by atoms with van der Waals surface area (Å²) in [5.74, 6) is 2.38. The highest BCUT2D eigenvalue weighted by Gasteiger charge is 2.59. The lowest BCUT2D eigenvalue weighted by atomic mass is 9.55. The Kier molecular flexibility index (Phi) is 7.31. The molecule has 4 aliphatic rings. The van der Waals surface area contributed by atoms with Crippen molar-refractivity contribution < 1.29 is 9.47 Å². The molecule has 1 aliphatic carbocycles. The fourth-order valence-corrected chi connectivity index (χ4v) is 7.89. The van der Waals surface area contributed by atoms with Crippen LogP contribution in [0.15, 0.2) is 16.9 Å². The largest absolute Gasteiger partial charge is 0.492 e. The Balaban J connectivity index is 1.33. The van der Waals surface area contributed by atoms with E-state index in [4.69, 9.17) is 26.1 Å². The van der Waals surface area contributed by atoms with E-state index in [-0.39, 0.29) is 16.6 Å². The van der Waals surface area contributed by atoms with Crippen molar-refractivity contribution in [2.24, 2.45) is 0 Å². The number of aromatic nitrogens is 2. The van der Waals surface area contributed by atoms with Crippen LogP contribution < -0.4 is 20.1 Å². The summed E-state index contributed by atoms with van der Waals surface area (Å²) in [7, 11) is 6.14. The topological polar surface area (TPSA) is 73.9 Å². The third kappa shape index (κ3) is 4.72. The fourth-order valence-electron chi connectivity index (χ4n) is 7.48. The molecule has 2 spiro atoms. The van der Waals surface area contributed by atoms with Crippen molar-refractivity contribution in [3.05, 3.63) is 44.2 Å². The molecule has 1 unspecified atom stereocenters. The molecule has 0 bridgehead atoms. The molecule has 39 heavy (non-hydrogen) atoms. The zero-order chi connectivity index (χ0) is 27.2. The van der Waals surface area contributed by atoms with Crippen LogP contribution in [-0.4, -0.2) is 81.0 Å². The van der Waals surface area contributed by atoms with Crippen molar-refractivity contribution in [2.75, 3.05) is 70.3 Å². The van der Waals surface area contributed by atoms with Crippen molar-refractivity contribution >= 4 is 23.4 Å². The van der Waals surface area contributed by atoms with E-state index in [2.05, 4.69) is 39.8 Å². The summed E-state index contributed by atoms with van der Waals surface area (Å²) in [6, 6.07) is 4.26. The first-order valence-corrected chi connectivity index (χ1v) is 15.0. The molecule has 1 N–H and O–H groups in total. The normalized spacial score (nSPS) is 24.2. The van der Waals surface area contributed by atoms with E-state index in [9.17, 15) is 4.79 Å². The lowest BCUT2D eigenvalue weighted by molar-refractivity contribution is -0.204. The predicted molar refractivity (Wildman–Crippen MR) is 156 cm³/mol. The predicted octanol–water partition coefficient (Wildman–Crippen LogP) is 4.17. The van der Waals surface area contributed by atoms with Crippen molar-refractivity contribution in [3.63, 3.8) is 0 Å². The first kappa shape index (κ1) is 26.9. The maximum atomic E-state index is 13.0. The molecule has 1 aromatic heterocycles. The number of rotatable bonds is 5. The zero-order valence-electron chi connectivity index (χ0n) is 23.7. The highest BCUT2D eigenvalue weighted by Crippen LogP contribution is 2.57. The maximum Gasteiger partial charge on any atom is 0.257 e. The van der Waals surface area contributed by atoms with E-state index < -0.39 is 0 Å². The number of anilines is 2. The van der Waals surface area contributed by atoms with Crippen LogP contribution in [0, 0.1) is 0 Å². The molecule has 0 radical (unpaired) electrons. The summed E-state index contributed by atoms with van der Waals surface area (Å²) in [6.45, 7) is 4.84. The second-order valence-electron chi connectivity index (χ2n) is 12.2. The number of nitrogens with zero attached hydrogens (tertiary/aromatic N) is 4. The van der Waals surface area contributed by atoms with E-state index in [1.807, 2.05) is 13.1 Å². The Hall–Kier alpha value is -2.29. The number of aromatic amines is 1. The number of hydrogen-bond acceptors (Lipinski definition) is 7. The van der Waals surface area contributed by atoms with E-state index in [1.54, 1.807) is 0 Å². The summed E-state index contributed by atoms with van der Waals surface area (Å²) in [5, 5.41) is 0.805. The van der Waals surface area contributed by atoms with E-state index in [0.29, 0.717) is 12.6 Å². The smallest absolute Gasteiger partial charge is 0.257 e. The first-order chi connectivity index (χ1) is 18.8. The van der Waals surface area contributed by atoms with Crippen LogP contribution >= 0.6 is 11.6 Å². The van der Waals surface area contributed by atoms with Crippen LogP contribution in [-0.2, 0) is 23.0 Å². The number of likely N-dealkylation sites (N-methyl/N-ethyl adjacent to an activating group) is 1. The summed E-state index contributed by atoms with van der Waals surface area (Å²) in [5.41, 5.74) is 3.06. The Labute approximate surface area is 236 Å². The van der Waals surface area contributed by atoms with Gasteiger partial charge in [0, 0.05) is 50.1 Å². The van der Waals surface area contributed by atoms with Gasteiger partial charge in [-0.25, -0.2) is 0 Å². The molecule has 1 atom stereocenters. The van der Waals surface area contributed by atoms with Gasteiger partial charge in [0.05, 0.1) is 17.8 Å². The summed E-state index contributed by atoms with van der Waals surface area (Å²) < 4.78 is 12.7. The van der Waals surface area contributed by atoms with Crippen LogP contribution in [0.3, 0.4) is 0 Å². The second-order valence-corrected chi connectivity index (χ2v) is 12.6. The van der Waals surface area contributed by atoms with Gasteiger partial charge in [-0.15, -0.1) is 0 Å². The molecule has 0 amide bonds. The molecule has 4 heterocycles. The van der Waals surface area contributed by atoms with Gasteiger partial charge in [0.1, 0.15) is 18.2 Å². The summed E-state index contributed by atoms with van der Waals surface area (Å²) in [6.07, 6.45) is 9.05. The van der Waals surface area contributed by atoms with Gasteiger partial charge in [0.25, 0.3) is 5.56 Å². The zero-order valence-corrected chi connectivity index (χ0v) is 24.4. The number of hydrogen-bond donors (Lipinski definition) is 1. The van der Waals surface area contributed by atoms with E-state index in [0.717, 1.165) is 113 Å². The maximum absolute atomic E-state index is 13.0. The van der Waals surface area contributed by atoms with Crippen LogP contribution in [0.1, 0.15) is 61.6 Å². The number of nitrogens with one attached hydrogen (secondary N) is 1. The van der Waals surface area contributed by atoms with Crippen LogP contribution in [0.25, 0.3) is 0 Å². The number of ether oxygens (including phenoxy) is 2. The van der Waals surface area contributed by atoms with E-state index in [1.165, 1.54) is 11.1 Å². The van der Waals surface area contributed by atoms with Gasteiger partial charge in [-0.3, -0.25) is 9.78 Å². The van der Waals surface area contributed by atoms with Crippen molar-refractivity contribution in [1.82, 2.24) is 14.9 Å². The highest BCUT2D eigenvalue weighted by molar-refractivity contribution is 6.31. The van der Waals surface area contributed by atoms with Crippen molar-refractivity contribution in [1.29, 1.82) is 0 Å². The number of H-pyrrole nitrogens is 1. The quantitative estimate of drug-likeness (QED) is 0.593. The Morgan fingerprint density at radius 1 is 1.10 bits per heavy atom. The van der Waals surface area contributed by atoms with Crippen LogP contribution in [0.2, 0.25) is 5.02 Å². The number of halogens is 1. The van der Waals surface area contributed by atoms with Gasteiger partial charge >= 0.3 is 0 Å². The molecule has 212 valence electrons. The average molecular weight is 556 g/mol. The molecule has 0 saturated carbocycles. The summed E-state index contributed by atoms with van der Waals surface area (Å²) >= 11 is 7.19. The van der Waals surface area contributed by atoms with E-state index >= 15 is 0 Å². The summed E-state index contributed by atoms with van der Waals surface area (Å²) in [4.78, 5) is 27.5. The molecule has 6 rings (SSSR count). The van der Waals surface area contributed by atoms with Gasteiger partial charge in [-0.2, -0.15) is 4.98 Å². The van der Waals surface area contributed by atoms with Crippen LogP contribution in [0.4, 0.5) is 11.8 Å². The molecule has 1 aromatic carbocycles. The number of benzene rings is 1. The van der Waals surface area contributed by atoms with Gasteiger partial charge in [-0.05, 0) is 82.3 Å². The Morgan fingerprint density at radius 3 is 2.62 bits per heavy atom. The van der Waals surface area contributed by atoms with Gasteiger partial charge in [0.2, 0.25) is 5.95 Å². The molecular formula is C30H42ClN5O3. The number of fused-ring (bicyclic) bond motifs is 4. The number of piperidine rings is 1. The Morgan fingerprint density at radius 2 is 1.90 bits per heavy atom. The minimum absolute atomic E-state index is 0.00164. The molecule has 9 heteroatoms. The molecule has 3 aliphatic heterocycles. The lowest BCUT2D eigenvalue weighted by Crippen LogP contribution is -2.64. The fraction of sp³-hybridized carbons (Fsp3) is 0.667. The van der Waals surface area contributed by atoms with Gasteiger partial charge < -0.3 is 24.2 Å². The third-order valence-corrected chi connectivity index (χ3v) is 9.94. The van der Waals surface area contributed by atoms with Gasteiger partial charge in [0.15, 0.2) is 0 Å². The second kappa shape index (κ2) is 10.6. The van der Waals surface area contributed by atoms with Crippen molar-refractivity contribution in [2.45, 2.75) is 68.8 Å². The molecule has 2 saturated heterocycles. The van der Waals surface area contributed by atoms with Crippen LogP contribution in [0.5, 0.6) is 5.75 Å². The third-order valence-electron chi connectivity index (χ3n) is 9.64. The molecular weight excluding hydrogens is 514 g/mol. The molecule has 2 fully saturated rings. The average Bonchev–Trinajstić information content (AvgIpc) is 2.87. The van der Waals surface area contributed by atoms with Gasteiger partial charge in [-0.1, -0.05) is 18.0 Å². The monoisotopic (exact) mass is 555 g/mol. The lowest BCUT2D eigenvalue weighted by Gasteiger charge is -2.60. The minimum Gasteiger partial charge on any atom is -0.492 e.